The van der Waals surface area contributed by atoms with Crippen molar-refractivity contribution in [2.24, 2.45) is 0 Å². The molecule has 0 atom stereocenters. The molecule has 0 radical (unpaired) electrons. The molecule has 0 aliphatic rings. The van der Waals surface area contributed by atoms with E-state index in [2.05, 4.69) is 47.3 Å². The minimum absolute atomic E-state index is 0.0318. The minimum atomic E-state index is -0.281. The predicted octanol–water partition coefficient (Wildman–Crippen LogP) is 6.25. The maximum atomic E-state index is 12.8. The molecule has 3 rings (SSSR count). The highest BCUT2D eigenvalue weighted by molar-refractivity contribution is 9.10. The number of carbonyl (C=O) groups is 2. The van der Waals surface area contributed by atoms with E-state index in [9.17, 15) is 9.59 Å². The molecule has 0 saturated heterocycles. The van der Waals surface area contributed by atoms with E-state index in [-0.39, 0.29) is 17.2 Å². The van der Waals surface area contributed by atoms with Gasteiger partial charge in [0, 0.05) is 15.7 Å². The van der Waals surface area contributed by atoms with Gasteiger partial charge in [-0.05, 0) is 47.4 Å². The molecular weight excluding hydrogens is 428 g/mol. The lowest BCUT2D eigenvalue weighted by atomic mass is 9.86. The first-order valence-corrected chi connectivity index (χ1v) is 10.1. The molecule has 0 saturated carbocycles. The molecule has 0 heterocycles. The molecule has 29 heavy (non-hydrogen) atoms. The number of hydrogen-bond acceptors (Lipinski definition) is 2. The number of para-hydroxylation sites is 2. The lowest BCUT2D eigenvalue weighted by Crippen LogP contribution is -2.19. The number of hydrogen-bond donors (Lipinski definition) is 2. The van der Waals surface area contributed by atoms with Gasteiger partial charge < -0.3 is 10.6 Å². The Morgan fingerprint density at radius 2 is 1.45 bits per heavy atom. The molecule has 5 heteroatoms. The fourth-order valence-corrected chi connectivity index (χ4v) is 3.94. The van der Waals surface area contributed by atoms with E-state index in [4.69, 9.17) is 0 Å². The molecule has 4 nitrogen and oxygen atoms in total. The van der Waals surface area contributed by atoms with Crippen molar-refractivity contribution in [3.05, 3.63) is 94.0 Å². The first kappa shape index (κ1) is 20.8. The van der Waals surface area contributed by atoms with Crippen molar-refractivity contribution in [2.45, 2.75) is 26.2 Å². The van der Waals surface area contributed by atoms with E-state index in [0.717, 1.165) is 10.0 Å². The van der Waals surface area contributed by atoms with Gasteiger partial charge >= 0.3 is 0 Å². The van der Waals surface area contributed by atoms with Gasteiger partial charge in [0.2, 0.25) is 0 Å². The second kappa shape index (κ2) is 8.62. The van der Waals surface area contributed by atoms with Crippen LogP contribution in [0.2, 0.25) is 0 Å². The average Bonchev–Trinajstić information content (AvgIpc) is 2.68. The largest absolute Gasteiger partial charge is 0.322 e. The summed E-state index contributed by atoms with van der Waals surface area (Å²) in [7, 11) is 0. The SMILES string of the molecule is CC(C)(C)c1ccc(C(=O)Nc2ccccc2C(=O)Nc2ccccc2)cc1Br. The van der Waals surface area contributed by atoms with Crippen LogP contribution in [0.3, 0.4) is 0 Å². The van der Waals surface area contributed by atoms with E-state index in [1.807, 2.05) is 42.5 Å². The van der Waals surface area contributed by atoms with Crippen LogP contribution in [0.15, 0.2) is 77.3 Å². The molecule has 0 bridgehead atoms. The van der Waals surface area contributed by atoms with Crippen molar-refractivity contribution < 1.29 is 9.59 Å². The standard InChI is InChI=1S/C24H23BrN2O2/c1-24(2,3)19-14-13-16(15-20(19)25)22(28)27-21-12-8-7-11-18(21)23(29)26-17-9-5-4-6-10-17/h4-15H,1-3H3,(H,26,29)(H,27,28). The highest BCUT2D eigenvalue weighted by Gasteiger charge is 2.19. The van der Waals surface area contributed by atoms with Gasteiger partial charge in [0.1, 0.15) is 0 Å². The first-order valence-electron chi connectivity index (χ1n) is 9.32. The van der Waals surface area contributed by atoms with Crippen molar-refractivity contribution >= 4 is 39.1 Å². The molecule has 148 valence electrons. The van der Waals surface area contributed by atoms with Crippen LogP contribution in [0.1, 0.15) is 47.1 Å². The van der Waals surface area contributed by atoms with Crippen molar-refractivity contribution in [1.29, 1.82) is 0 Å². The molecule has 2 amide bonds. The second-order valence-electron chi connectivity index (χ2n) is 7.76. The van der Waals surface area contributed by atoms with Gasteiger partial charge in [-0.1, -0.05) is 73.1 Å². The summed E-state index contributed by atoms with van der Waals surface area (Å²) in [5, 5.41) is 5.71. The molecular formula is C24H23BrN2O2. The highest BCUT2D eigenvalue weighted by atomic mass is 79.9. The fraction of sp³-hybridized carbons (Fsp3) is 0.167. The van der Waals surface area contributed by atoms with Gasteiger partial charge in [-0.2, -0.15) is 0 Å². The normalized spacial score (nSPS) is 11.0. The lowest BCUT2D eigenvalue weighted by Gasteiger charge is -2.21. The summed E-state index contributed by atoms with van der Waals surface area (Å²) < 4.78 is 0.882. The molecule has 3 aromatic carbocycles. The Morgan fingerprint density at radius 3 is 2.10 bits per heavy atom. The van der Waals surface area contributed by atoms with E-state index < -0.39 is 0 Å². The number of rotatable bonds is 4. The van der Waals surface area contributed by atoms with Crippen LogP contribution in [0, 0.1) is 0 Å². The molecule has 0 spiro atoms. The van der Waals surface area contributed by atoms with Gasteiger partial charge in [-0.3, -0.25) is 9.59 Å². The molecule has 0 aromatic heterocycles. The Labute approximate surface area is 179 Å². The zero-order valence-corrected chi connectivity index (χ0v) is 18.2. The van der Waals surface area contributed by atoms with Gasteiger partial charge in [-0.15, -0.1) is 0 Å². The number of benzene rings is 3. The first-order chi connectivity index (χ1) is 13.8. The van der Waals surface area contributed by atoms with Crippen molar-refractivity contribution in [2.75, 3.05) is 10.6 Å². The Bertz CT molecular complexity index is 1040. The zero-order chi connectivity index (χ0) is 21.0. The maximum absolute atomic E-state index is 12.8. The third kappa shape index (κ3) is 5.12. The van der Waals surface area contributed by atoms with Crippen LogP contribution >= 0.6 is 15.9 Å². The Morgan fingerprint density at radius 1 is 0.793 bits per heavy atom. The van der Waals surface area contributed by atoms with Crippen LogP contribution in [0.25, 0.3) is 0 Å². The Balaban J connectivity index is 1.81. The summed E-state index contributed by atoms with van der Waals surface area (Å²) in [5.41, 5.74) is 3.16. The van der Waals surface area contributed by atoms with Gasteiger partial charge in [-0.25, -0.2) is 0 Å². The number of nitrogens with one attached hydrogen (secondary N) is 2. The van der Waals surface area contributed by atoms with Crippen molar-refractivity contribution in [3.8, 4) is 0 Å². The van der Waals surface area contributed by atoms with Crippen LogP contribution in [0.4, 0.5) is 11.4 Å². The smallest absolute Gasteiger partial charge is 0.257 e. The fourth-order valence-electron chi connectivity index (χ4n) is 2.97. The summed E-state index contributed by atoms with van der Waals surface area (Å²) in [6.07, 6.45) is 0. The van der Waals surface area contributed by atoms with Crippen molar-refractivity contribution in [1.82, 2.24) is 0 Å². The van der Waals surface area contributed by atoms with E-state index in [1.54, 1.807) is 30.3 Å². The molecule has 0 fully saturated rings. The van der Waals surface area contributed by atoms with Crippen LogP contribution < -0.4 is 10.6 Å². The van der Waals surface area contributed by atoms with E-state index >= 15 is 0 Å². The predicted molar refractivity (Wildman–Crippen MR) is 122 cm³/mol. The number of anilines is 2. The Hall–Kier alpha value is -2.92. The van der Waals surface area contributed by atoms with Gasteiger partial charge in [0.25, 0.3) is 11.8 Å². The maximum Gasteiger partial charge on any atom is 0.257 e. The summed E-state index contributed by atoms with van der Waals surface area (Å²) in [4.78, 5) is 25.5. The van der Waals surface area contributed by atoms with Crippen molar-refractivity contribution in [3.63, 3.8) is 0 Å². The average molecular weight is 451 g/mol. The molecule has 0 aliphatic heterocycles. The van der Waals surface area contributed by atoms with E-state index in [1.165, 1.54) is 0 Å². The number of carbonyl (C=O) groups excluding carboxylic acids is 2. The van der Waals surface area contributed by atoms with Crippen LogP contribution in [-0.4, -0.2) is 11.8 Å². The lowest BCUT2D eigenvalue weighted by molar-refractivity contribution is 0.102. The van der Waals surface area contributed by atoms with Gasteiger partial charge in [0.05, 0.1) is 11.3 Å². The van der Waals surface area contributed by atoms with Gasteiger partial charge in [0.15, 0.2) is 0 Å². The Kier molecular flexibility index (Phi) is 6.18. The summed E-state index contributed by atoms with van der Waals surface area (Å²) in [6, 6.07) is 21.7. The molecule has 0 aliphatic carbocycles. The monoisotopic (exact) mass is 450 g/mol. The topological polar surface area (TPSA) is 58.2 Å². The molecule has 2 N–H and O–H groups in total. The highest BCUT2D eigenvalue weighted by Crippen LogP contribution is 2.30. The quantitative estimate of drug-likeness (QED) is 0.493. The van der Waals surface area contributed by atoms with Crippen LogP contribution in [-0.2, 0) is 5.41 Å². The second-order valence-corrected chi connectivity index (χ2v) is 8.62. The van der Waals surface area contributed by atoms with Crippen LogP contribution in [0.5, 0.6) is 0 Å². The summed E-state index contributed by atoms with van der Waals surface area (Å²) >= 11 is 3.57. The molecule has 0 unspecified atom stereocenters. The molecule has 3 aromatic rings. The third-order valence-corrected chi connectivity index (χ3v) is 5.15. The zero-order valence-electron chi connectivity index (χ0n) is 16.6. The summed E-state index contributed by atoms with van der Waals surface area (Å²) in [5.74, 6) is -0.553. The number of halogens is 1. The third-order valence-electron chi connectivity index (χ3n) is 4.49. The number of amides is 2. The van der Waals surface area contributed by atoms with E-state index in [0.29, 0.717) is 22.5 Å². The summed E-state index contributed by atoms with van der Waals surface area (Å²) in [6.45, 7) is 6.36. The minimum Gasteiger partial charge on any atom is -0.322 e.